The van der Waals surface area contributed by atoms with Crippen LogP contribution in [0.1, 0.15) is 0 Å². The predicted octanol–water partition coefficient (Wildman–Crippen LogP) is 1.91. The van der Waals surface area contributed by atoms with Crippen LogP contribution < -0.4 is 10.1 Å². The van der Waals surface area contributed by atoms with Crippen molar-refractivity contribution in [1.82, 2.24) is 10.2 Å². The average Bonchev–Trinajstić information content (AvgIpc) is 2.58. The van der Waals surface area contributed by atoms with E-state index in [1.807, 2.05) is 49.5 Å². The van der Waals surface area contributed by atoms with Crippen molar-refractivity contribution in [3.05, 3.63) is 42.5 Å². The van der Waals surface area contributed by atoms with Crippen LogP contribution in [0.4, 0.5) is 0 Å². The highest BCUT2D eigenvalue weighted by Gasteiger charge is 2.04. The highest BCUT2D eigenvalue weighted by Crippen LogP contribution is 2.20. The maximum Gasteiger partial charge on any atom is 0.257 e. The fourth-order valence-electron chi connectivity index (χ4n) is 2.20. The maximum atomic E-state index is 11.8. The van der Waals surface area contributed by atoms with E-state index in [0.29, 0.717) is 18.9 Å². The van der Waals surface area contributed by atoms with E-state index in [4.69, 9.17) is 9.47 Å². The molecule has 0 heterocycles. The molecule has 0 aromatic heterocycles. The van der Waals surface area contributed by atoms with Crippen LogP contribution in [0.2, 0.25) is 0 Å². The van der Waals surface area contributed by atoms with Crippen LogP contribution in [0.3, 0.4) is 0 Å². The molecule has 2 aromatic rings. The third-order valence-electron chi connectivity index (χ3n) is 3.58. The first kappa shape index (κ1) is 17.2. The monoisotopic (exact) mass is 316 g/mol. The average molecular weight is 316 g/mol. The van der Waals surface area contributed by atoms with Crippen LogP contribution >= 0.6 is 0 Å². The third-order valence-corrected chi connectivity index (χ3v) is 3.58. The number of benzene rings is 2. The first-order valence-electron chi connectivity index (χ1n) is 7.75. The molecule has 0 radical (unpaired) electrons. The minimum Gasteiger partial charge on any atom is -0.484 e. The molecule has 2 rings (SSSR count). The Morgan fingerprint density at radius 1 is 1.13 bits per heavy atom. The Bertz CT molecular complexity index is 630. The molecule has 5 heteroatoms. The van der Waals surface area contributed by atoms with Gasteiger partial charge in [-0.25, -0.2) is 0 Å². The van der Waals surface area contributed by atoms with E-state index < -0.39 is 0 Å². The molecule has 0 bridgehead atoms. The van der Waals surface area contributed by atoms with E-state index in [-0.39, 0.29) is 12.5 Å². The predicted molar refractivity (Wildman–Crippen MR) is 91.8 cm³/mol. The molecule has 23 heavy (non-hydrogen) atoms. The number of nitrogens with zero attached hydrogens (tertiary/aromatic N) is 1. The normalized spacial score (nSPS) is 10.9. The first-order valence-corrected chi connectivity index (χ1v) is 7.75. The summed E-state index contributed by atoms with van der Waals surface area (Å²) >= 11 is 0. The van der Waals surface area contributed by atoms with E-state index in [1.165, 1.54) is 0 Å². The van der Waals surface area contributed by atoms with E-state index in [1.54, 1.807) is 7.11 Å². The summed E-state index contributed by atoms with van der Waals surface area (Å²) in [5.74, 6) is 0.592. The largest absolute Gasteiger partial charge is 0.484 e. The Hall–Kier alpha value is -2.11. The van der Waals surface area contributed by atoms with Gasteiger partial charge in [0.1, 0.15) is 5.75 Å². The first-order chi connectivity index (χ1) is 11.2. The van der Waals surface area contributed by atoms with E-state index in [2.05, 4.69) is 10.2 Å². The quantitative estimate of drug-likeness (QED) is 0.768. The Balaban J connectivity index is 1.71. The number of hydrogen-bond donors (Lipinski definition) is 1. The number of ether oxygens (including phenoxy) is 2. The molecular weight excluding hydrogens is 292 g/mol. The Labute approximate surface area is 137 Å². The van der Waals surface area contributed by atoms with Gasteiger partial charge in [0, 0.05) is 26.7 Å². The van der Waals surface area contributed by atoms with Gasteiger partial charge in [-0.1, -0.05) is 30.3 Å². The van der Waals surface area contributed by atoms with Gasteiger partial charge in [-0.05, 0) is 30.0 Å². The zero-order valence-corrected chi connectivity index (χ0v) is 13.7. The lowest BCUT2D eigenvalue weighted by Crippen LogP contribution is -2.36. The minimum absolute atomic E-state index is 0.0279. The topological polar surface area (TPSA) is 50.8 Å². The van der Waals surface area contributed by atoms with Crippen molar-refractivity contribution in [2.24, 2.45) is 0 Å². The Morgan fingerprint density at radius 3 is 2.70 bits per heavy atom. The van der Waals surface area contributed by atoms with Crippen molar-refractivity contribution in [1.29, 1.82) is 0 Å². The van der Waals surface area contributed by atoms with Crippen LogP contribution in [-0.2, 0) is 9.53 Å². The number of carbonyl (C=O) groups is 1. The number of hydrogen-bond acceptors (Lipinski definition) is 4. The van der Waals surface area contributed by atoms with Gasteiger partial charge < -0.3 is 19.7 Å². The van der Waals surface area contributed by atoms with Gasteiger partial charge in [-0.2, -0.15) is 0 Å². The van der Waals surface area contributed by atoms with Gasteiger partial charge in [-0.15, -0.1) is 0 Å². The molecule has 1 N–H and O–H groups in total. The number of fused-ring (bicyclic) bond motifs is 1. The molecule has 0 aliphatic carbocycles. The Kier molecular flexibility index (Phi) is 6.84. The molecule has 0 spiro atoms. The van der Waals surface area contributed by atoms with Crippen LogP contribution in [0.25, 0.3) is 10.8 Å². The molecule has 0 saturated carbocycles. The van der Waals surface area contributed by atoms with Gasteiger partial charge in [0.15, 0.2) is 6.61 Å². The zero-order chi connectivity index (χ0) is 16.5. The summed E-state index contributed by atoms with van der Waals surface area (Å²) in [6, 6.07) is 13.9. The number of nitrogens with one attached hydrogen (secondary N) is 1. The molecule has 0 fully saturated rings. The lowest BCUT2D eigenvalue weighted by molar-refractivity contribution is -0.123. The van der Waals surface area contributed by atoms with Crippen molar-refractivity contribution in [3.63, 3.8) is 0 Å². The van der Waals surface area contributed by atoms with Gasteiger partial charge in [0.2, 0.25) is 0 Å². The molecule has 0 unspecified atom stereocenters. The summed E-state index contributed by atoms with van der Waals surface area (Å²) in [6.45, 7) is 2.95. The summed E-state index contributed by atoms with van der Waals surface area (Å²) < 4.78 is 10.6. The fourth-order valence-corrected chi connectivity index (χ4v) is 2.20. The molecular formula is C18H24N2O3. The Morgan fingerprint density at radius 2 is 1.91 bits per heavy atom. The highest BCUT2D eigenvalue weighted by atomic mass is 16.5. The second-order valence-corrected chi connectivity index (χ2v) is 5.44. The summed E-state index contributed by atoms with van der Waals surface area (Å²) in [5.41, 5.74) is 0. The lowest BCUT2D eigenvalue weighted by atomic mass is 10.1. The standard InChI is InChI=1S/C18H24N2O3/c1-20(11-12-22-2)10-9-19-18(21)14-23-17-8-7-15-5-3-4-6-16(15)13-17/h3-8,13H,9-12,14H2,1-2H3,(H,19,21). The number of rotatable bonds is 9. The lowest BCUT2D eigenvalue weighted by Gasteiger charge is -2.16. The van der Waals surface area contributed by atoms with Crippen molar-refractivity contribution >= 4 is 16.7 Å². The summed E-state index contributed by atoms with van der Waals surface area (Å²) in [5, 5.41) is 5.11. The number of methoxy groups -OCH3 is 1. The molecule has 0 saturated heterocycles. The molecule has 1 amide bonds. The third kappa shape index (κ3) is 5.88. The smallest absolute Gasteiger partial charge is 0.257 e. The van der Waals surface area contributed by atoms with Gasteiger partial charge in [0.25, 0.3) is 5.91 Å². The van der Waals surface area contributed by atoms with Crippen LogP contribution in [0, 0.1) is 0 Å². The summed E-state index contributed by atoms with van der Waals surface area (Å²) in [7, 11) is 3.68. The number of amides is 1. The molecule has 0 atom stereocenters. The van der Waals surface area contributed by atoms with Crippen molar-refractivity contribution in [3.8, 4) is 5.75 Å². The summed E-state index contributed by atoms with van der Waals surface area (Å²) in [6.07, 6.45) is 0. The van der Waals surface area contributed by atoms with E-state index >= 15 is 0 Å². The maximum absolute atomic E-state index is 11.8. The minimum atomic E-state index is -0.113. The van der Waals surface area contributed by atoms with E-state index in [9.17, 15) is 4.79 Å². The highest BCUT2D eigenvalue weighted by molar-refractivity contribution is 5.84. The van der Waals surface area contributed by atoms with Gasteiger partial charge in [-0.3, -0.25) is 4.79 Å². The fraction of sp³-hybridized carbons (Fsp3) is 0.389. The summed E-state index contributed by atoms with van der Waals surface area (Å²) in [4.78, 5) is 13.9. The van der Waals surface area contributed by atoms with Crippen molar-refractivity contribution in [2.45, 2.75) is 0 Å². The van der Waals surface area contributed by atoms with Crippen molar-refractivity contribution < 1.29 is 14.3 Å². The molecule has 2 aromatic carbocycles. The molecule has 0 aliphatic rings. The van der Waals surface area contributed by atoms with Crippen molar-refractivity contribution in [2.75, 3.05) is 47.0 Å². The van der Waals surface area contributed by atoms with Crippen LogP contribution in [-0.4, -0.2) is 57.8 Å². The second kappa shape index (κ2) is 9.12. The SMILES string of the molecule is COCCN(C)CCNC(=O)COc1ccc2ccccc2c1. The number of carbonyl (C=O) groups excluding carboxylic acids is 1. The van der Waals surface area contributed by atoms with Gasteiger partial charge in [0.05, 0.1) is 6.61 Å². The van der Waals surface area contributed by atoms with Gasteiger partial charge >= 0.3 is 0 Å². The number of likely N-dealkylation sites (N-methyl/N-ethyl adjacent to an activating group) is 1. The molecule has 0 aliphatic heterocycles. The van der Waals surface area contributed by atoms with Crippen LogP contribution in [0.15, 0.2) is 42.5 Å². The molecule has 124 valence electrons. The van der Waals surface area contributed by atoms with E-state index in [0.717, 1.165) is 23.9 Å². The molecule has 5 nitrogen and oxygen atoms in total. The second-order valence-electron chi connectivity index (χ2n) is 5.44. The van der Waals surface area contributed by atoms with Crippen LogP contribution in [0.5, 0.6) is 5.75 Å². The zero-order valence-electron chi connectivity index (χ0n) is 13.7.